The molecule has 18 heavy (non-hydrogen) atoms. The van der Waals surface area contributed by atoms with E-state index in [9.17, 15) is 4.79 Å². The minimum absolute atomic E-state index is 0.0522. The molecule has 0 fully saturated rings. The van der Waals surface area contributed by atoms with Crippen molar-refractivity contribution in [3.05, 3.63) is 47.6 Å². The van der Waals surface area contributed by atoms with Crippen LogP contribution in [0.15, 0.2) is 42.0 Å². The number of benzene rings is 1. The molecule has 0 heterocycles. The third-order valence-electron chi connectivity index (χ3n) is 2.20. The van der Waals surface area contributed by atoms with E-state index in [1.54, 1.807) is 25.3 Å². The fourth-order valence-electron chi connectivity index (χ4n) is 1.31. The van der Waals surface area contributed by atoms with Gasteiger partial charge in [-0.25, -0.2) is 4.79 Å². The number of carbonyl (C=O) groups is 1. The van der Waals surface area contributed by atoms with Crippen molar-refractivity contribution in [1.82, 2.24) is 0 Å². The van der Waals surface area contributed by atoms with Crippen LogP contribution in [-0.4, -0.2) is 20.2 Å². The Morgan fingerprint density at radius 3 is 2.67 bits per heavy atom. The van der Waals surface area contributed by atoms with Crippen LogP contribution in [0.25, 0.3) is 6.08 Å². The van der Waals surface area contributed by atoms with E-state index in [1.165, 1.54) is 13.2 Å². The Hall–Kier alpha value is -2.54. The molecule has 0 bridgehead atoms. The van der Waals surface area contributed by atoms with Gasteiger partial charge in [-0.3, -0.25) is 0 Å². The highest BCUT2D eigenvalue weighted by Gasteiger charge is 2.06. The highest BCUT2D eigenvalue weighted by atomic mass is 16.5. The zero-order valence-corrected chi connectivity index (χ0v) is 10.2. The van der Waals surface area contributed by atoms with Gasteiger partial charge >= 0.3 is 5.97 Å². The van der Waals surface area contributed by atoms with Crippen LogP contribution in [0.5, 0.6) is 5.75 Å². The molecular formula is C14H13NO3. The van der Waals surface area contributed by atoms with Crippen LogP contribution in [0.4, 0.5) is 0 Å². The second-order valence-electron chi connectivity index (χ2n) is 3.28. The lowest BCUT2D eigenvalue weighted by Crippen LogP contribution is -2.02. The van der Waals surface area contributed by atoms with Gasteiger partial charge in [-0.15, -0.1) is 0 Å². The molecule has 0 aromatic heterocycles. The van der Waals surface area contributed by atoms with Gasteiger partial charge in [0.15, 0.2) is 0 Å². The molecule has 0 aliphatic carbocycles. The summed E-state index contributed by atoms with van der Waals surface area (Å²) < 4.78 is 9.63. The van der Waals surface area contributed by atoms with E-state index in [0.29, 0.717) is 0 Å². The van der Waals surface area contributed by atoms with E-state index in [4.69, 9.17) is 10.00 Å². The largest absolute Gasteiger partial charge is 0.496 e. The first kappa shape index (κ1) is 13.5. The Labute approximate surface area is 106 Å². The number of nitriles is 1. The molecular weight excluding hydrogens is 230 g/mol. The van der Waals surface area contributed by atoms with Crippen molar-refractivity contribution in [1.29, 1.82) is 5.26 Å². The van der Waals surface area contributed by atoms with E-state index in [0.717, 1.165) is 11.3 Å². The molecule has 0 unspecified atom stereocenters. The first-order chi connectivity index (χ1) is 8.72. The minimum Gasteiger partial charge on any atom is -0.496 e. The Kier molecular flexibility index (Phi) is 5.20. The maximum atomic E-state index is 11.1. The van der Waals surface area contributed by atoms with E-state index >= 15 is 0 Å². The molecule has 0 aliphatic rings. The van der Waals surface area contributed by atoms with E-state index < -0.39 is 5.97 Å². The van der Waals surface area contributed by atoms with Gasteiger partial charge in [0, 0.05) is 5.56 Å². The second-order valence-corrected chi connectivity index (χ2v) is 3.28. The molecule has 4 nitrogen and oxygen atoms in total. The Morgan fingerprint density at radius 1 is 1.33 bits per heavy atom. The molecule has 0 saturated heterocycles. The SMILES string of the molecule is COC(=O)/C(C#N)=C/C=C/c1ccccc1OC. The van der Waals surface area contributed by atoms with Crippen LogP contribution in [0, 0.1) is 11.3 Å². The topological polar surface area (TPSA) is 59.3 Å². The van der Waals surface area contributed by atoms with Gasteiger partial charge in [-0.1, -0.05) is 30.4 Å². The number of esters is 1. The average molecular weight is 243 g/mol. The van der Waals surface area contributed by atoms with Gasteiger partial charge in [-0.2, -0.15) is 5.26 Å². The summed E-state index contributed by atoms with van der Waals surface area (Å²) in [5.41, 5.74) is 0.807. The van der Waals surface area contributed by atoms with Crippen LogP contribution in [0.2, 0.25) is 0 Å². The monoisotopic (exact) mass is 243 g/mol. The first-order valence-electron chi connectivity index (χ1n) is 5.22. The first-order valence-corrected chi connectivity index (χ1v) is 5.22. The standard InChI is InChI=1S/C14H13NO3/c1-17-13-9-4-3-6-11(13)7-5-8-12(10-15)14(16)18-2/h3-9H,1-2H3/b7-5+,12-8+. The number of para-hydroxylation sites is 1. The fraction of sp³-hybridized carbons (Fsp3) is 0.143. The lowest BCUT2D eigenvalue weighted by molar-refractivity contribution is -0.135. The molecule has 0 atom stereocenters. The molecule has 0 saturated carbocycles. The van der Waals surface area contributed by atoms with Crippen molar-refractivity contribution in [2.45, 2.75) is 0 Å². The Bertz CT molecular complexity index is 524. The molecule has 92 valence electrons. The van der Waals surface area contributed by atoms with Crippen LogP contribution >= 0.6 is 0 Å². The predicted octanol–water partition coefficient (Wildman–Crippen LogP) is 2.33. The van der Waals surface area contributed by atoms with E-state index in [-0.39, 0.29) is 5.57 Å². The van der Waals surface area contributed by atoms with Crippen molar-refractivity contribution in [3.63, 3.8) is 0 Å². The van der Waals surface area contributed by atoms with Crippen molar-refractivity contribution in [2.75, 3.05) is 14.2 Å². The van der Waals surface area contributed by atoms with Gasteiger partial charge in [0.2, 0.25) is 0 Å². The van der Waals surface area contributed by atoms with Crippen LogP contribution < -0.4 is 4.74 Å². The molecule has 4 heteroatoms. The Morgan fingerprint density at radius 2 is 2.06 bits per heavy atom. The average Bonchev–Trinajstić information content (AvgIpc) is 2.43. The number of nitrogens with zero attached hydrogens (tertiary/aromatic N) is 1. The lowest BCUT2D eigenvalue weighted by atomic mass is 10.1. The smallest absolute Gasteiger partial charge is 0.348 e. The highest BCUT2D eigenvalue weighted by Crippen LogP contribution is 2.18. The number of methoxy groups -OCH3 is 2. The third-order valence-corrected chi connectivity index (χ3v) is 2.20. The molecule has 0 radical (unpaired) electrons. The number of carbonyl (C=O) groups excluding carboxylic acids is 1. The molecule has 1 aromatic carbocycles. The number of rotatable bonds is 4. The molecule has 1 rings (SSSR count). The van der Waals surface area contributed by atoms with Crippen molar-refractivity contribution < 1.29 is 14.3 Å². The molecule has 0 spiro atoms. The van der Waals surface area contributed by atoms with Crippen molar-refractivity contribution >= 4 is 12.0 Å². The summed E-state index contributed by atoms with van der Waals surface area (Å²) >= 11 is 0. The molecule has 0 amide bonds. The van der Waals surface area contributed by atoms with Crippen LogP contribution in [0.3, 0.4) is 0 Å². The quantitative estimate of drug-likeness (QED) is 0.352. The highest BCUT2D eigenvalue weighted by molar-refractivity contribution is 5.93. The zero-order valence-electron chi connectivity index (χ0n) is 10.2. The van der Waals surface area contributed by atoms with Gasteiger partial charge in [-0.05, 0) is 12.1 Å². The summed E-state index contributed by atoms with van der Waals surface area (Å²) in [5.74, 6) is 0.0703. The minimum atomic E-state index is -0.651. The molecule has 1 aromatic rings. The maximum Gasteiger partial charge on any atom is 0.348 e. The van der Waals surface area contributed by atoms with Gasteiger partial charge < -0.3 is 9.47 Å². The Balaban J connectivity index is 2.90. The summed E-state index contributed by atoms with van der Waals surface area (Å²) in [7, 11) is 2.81. The van der Waals surface area contributed by atoms with E-state index in [2.05, 4.69) is 4.74 Å². The van der Waals surface area contributed by atoms with E-state index in [1.807, 2.05) is 24.3 Å². The van der Waals surface area contributed by atoms with Gasteiger partial charge in [0.25, 0.3) is 0 Å². The maximum absolute atomic E-state index is 11.1. The normalized spacial score (nSPS) is 11.1. The third kappa shape index (κ3) is 3.49. The molecule has 0 N–H and O–H groups in total. The zero-order chi connectivity index (χ0) is 13.4. The summed E-state index contributed by atoms with van der Waals surface area (Å²) in [6, 6.07) is 9.20. The van der Waals surface area contributed by atoms with Crippen LogP contribution in [0.1, 0.15) is 5.56 Å². The summed E-state index contributed by atoms with van der Waals surface area (Å²) in [6.07, 6.45) is 4.75. The van der Waals surface area contributed by atoms with Crippen molar-refractivity contribution in [3.8, 4) is 11.8 Å². The fourth-order valence-corrected chi connectivity index (χ4v) is 1.31. The number of allylic oxidation sites excluding steroid dienone is 2. The van der Waals surface area contributed by atoms with Gasteiger partial charge in [0.1, 0.15) is 17.4 Å². The molecule has 0 aliphatic heterocycles. The second kappa shape index (κ2) is 6.92. The summed E-state index contributed by atoms with van der Waals surface area (Å²) in [4.78, 5) is 11.1. The van der Waals surface area contributed by atoms with Crippen molar-refractivity contribution in [2.24, 2.45) is 0 Å². The number of hydrogen-bond acceptors (Lipinski definition) is 4. The summed E-state index contributed by atoms with van der Waals surface area (Å²) in [5, 5.41) is 8.75. The number of hydrogen-bond donors (Lipinski definition) is 0. The number of ether oxygens (including phenoxy) is 2. The lowest BCUT2D eigenvalue weighted by Gasteiger charge is -2.02. The van der Waals surface area contributed by atoms with Gasteiger partial charge in [0.05, 0.1) is 14.2 Å². The predicted molar refractivity (Wildman–Crippen MR) is 67.7 cm³/mol. The summed E-state index contributed by atoms with van der Waals surface area (Å²) in [6.45, 7) is 0. The van der Waals surface area contributed by atoms with Crippen LogP contribution in [-0.2, 0) is 9.53 Å².